The third-order valence-electron chi connectivity index (χ3n) is 5.00. The summed E-state index contributed by atoms with van der Waals surface area (Å²) in [5.41, 5.74) is -5.58. The Kier molecular flexibility index (Phi) is 7.16. The molecule has 1 atom stereocenters. The zero-order chi connectivity index (χ0) is 24.1. The minimum absolute atomic E-state index is 0. The first kappa shape index (κ1) is 26.9. The number of anilines is 1. The molecule has 0 bridgehead atoms. The van der Waals surface area contributed by atoms with E-state index in [-0.39, 0.29) is 29.5 Å². The van der Waals surface area contributed by atoms with Crippen molar-refractivity contribution >= 4 is 33.8 Å². The Bertz CT molecular complexity index is 1140. The van der Waals surface area contributed by atoms with E-state index in [1.165, 1.54) is 18.2 Å². The minimum Gasteiger partial charge on any atom is -0.369 e. The first-order chi connectivity index (χ1) is 14.6. The van der Waals surface area contributed by atoms with Crippen LogP contribution in [0, 0.1) is 0 Å². The fourth-order valence-corrected chi connectivity index (χ4v) is 3.97. The van der Waals surface area contributed by atoms with E-state index in [1.54, 1.807) is 0 Å². The third-order valence-corrected chi connectivity index (χ3v) is 6.11. The molecule has 1 heterocycles. The van der Waals surface area contributed by atoms with Gasteiger partial charge in [-0.05, 0) is 35.4 Å². The van der Waals surface area contributed by atoms with Crippen LogP contribution in [0.1, 0.15) is 22.7 Å². The van der Waals surface area contributed by atoms with Crippen LogP contribution in [-0.4, -0.2) is 38.0 Å². The van der Waals surface area contributed by atoms with Gasteiger partial charge in [0, 0.05) is 24.1 Å². The summed E-state index contributed by atoms with van der Waals surface area (Å²) < 4.78 is 101. The summed E-state index contributed by atoms with van der Waals surface area (Å²) in [6.45, 7) is 0.180. The van der Waals surface area contributed by atoms with Gasteiger partial charge in [0.1, 0.15) is 6.04 Å². The van der Waals surface area contributed by atoms with Crippen molar-refractivity contribution < 1.29 is 44.7 Å². The normalized spacial score (nSPS) is 16.7. The molecule has 1 unspecified atom stereocenters. The van der Waals surface area contributed by atoms with Crippen molar-refractivity contribution in [2.75, 3.05) is 11.6 Å². The predicted molar refractivity (Wildman–Crippen MR) is 107 cm³/mol. The van der Waals surface area contributed by atoms with E-state index in [0.29, 0.717) is 23.3 Å². The van der Waals surface area contributed by atoms with E-state index in [9.17, 15) is 44.7 Å². The molecule has 0 fully saturated rings. The number of alkyl halides is 6. The van der Waals surface area contributed by atoms with Gasteiger partial charge in [0.25, 0.3) is 5.60 Å². The zero-order valence-electron chi connectivity index (χ0n) is 16.6. The van der Waals surface area contributed by atoms with Gasteiger partial charge in [0.15, 0.2) is 9.84 Å². The Morgan fingerprint density at radius 1 is 1.03 bits per heavy atom. The predicted octanol–water partition coefficient (Wildman–Crippen LogP) is 3.61. The second-order valence-corrected chi connectivity index (χ2v) is 9.23. The van der Waals surface area contributed by atoms with Crippen LogP contribution in [0.3, 0.4) is 0 Å². The van der Waals surface area contributed by atoms with Gasteiger partial charge in [-0.3, -0.25) is 10.1 Å². The number of rotatable bonds is 4. The fourth-order valence-electron chi connectivity index (χ4n) is 3.30. The molecule has 33 heavy (non-hydrogen) atoms. The maximum absolute atomic E-state index is 13.0. The molecule has 6 nitrogen and oxygen atoms in total. The van der Waals surface area contributed by atoms with Crippen molar-refractivity contribution in [1.82, 2.24) is 5.32 Å². The lowest BCUT2D eigenvalue weighted by Crippen LogP contribution is -2.53. The van der Waals surface area contributed by atoms with Crippen molar-refractivity contribution in [3.05, 3.63) is 59.2 Å². The molecule has 0 aromatic heterocycles. The number of hydrogen-bond acceptors (Lipinski definition) is 5. The van der Waals surface area contributed by atoms with Crippen LogP contribution in [0.25, 0.3) is 0 Å². The average molecular weight is 519 g/mol. The topological polar surface area (TPSA) is 95.5 Å². The molecule has 1 aliphatic heterocycles. The van der Waals surface area contributed by atoms with E-state index < -0.39 is 45.3 Å². The van der Waals surface area contributed by atoms with E-state index in [4.69, 9.17) is 0 Å². The summed E-state index contributed by atoms with van der Waals surface area (Å²) in [7, 11) is -3.46. The molecule has 2 aromatic rings. The maximum Gasteiger partial charge on any atom is 0.430 e. The van der Waals surface area contributed by atoms with Crippen LogP contribution < -0.4 is 10.6 Å². The number of carbonyl (C=O) groups is 1. The third kappa shape index (κ3) is 4.95. The smallest absolute Gasteiger partial charge is 0.369 e. The summed E-state index contributed by atoms with van der Waals surface area (Å²) in [4.78, 5) is 12.6. The van der Waals surface area contributed by atoms with Crippen LogP contribution in [0.4, 0.5) is 32.0 Å². The molecule has 0 saturated carbocycles. The number of halogens is 7. The lowest BCUT2D eigenvalue weighted by atomic mass is 9.92. The van der Waals surface area contributed by atoms with Crippen molar-refractivity contribution in [2.45, 2.75) is 35.4 Å². The Hall–Kier alpha value is -2.35. The number of fused-ring (bicyclic) bond motifs is 1. The molecule has 14 heteroatoms. The molecule has 182 valence electrons. The van der Waals surface area contributed by atoms with Crippen LogP contribution in [0.5, 0.6) is 0 Å². The molecule has 2 aromatic carbocycles. The quantitative estimate of drug-likeness (QED) is 0.538. The highest BCUT2D eigenvalue weighted by molar-refractivity contribution is 7.90. The molecule has 1 aliphatic rings. The van der Waals surface area contributed by atoms with Crippen molar-refractivity contribution in [1.29, 1.82) is 0 Å². The molecule has 0 aliphatic carbocycles. The number of carbonyl (C=O) groups excluding carboxylic acids is 1. The van der Waals surface area contributed by atoms with Crippen molar-refractivity contribution in [3.63, 3.8) is 0 Å². The highest BCUT2D eigenvalue weighted by atomic mass is 35.5. The van der Waals surface area contributed by atoms with Crippen molar-refractivity contribution in [2.24, 2.45) is 0 Å². The van der Waals surface area contributed by atoms with Gasteiger partial charge in [-0.15, -0.1) is 12.4 Å². The Balaban J connectivity index is 0.00000385. The standard InChI is InChI=1S/C19H16F6N2O4S.ClH/c1-32(30,31)13-6-7-14-10(8-13)9-26-15(14)16(28)27-12-4-2-11(3-5-12)17(29,18(20,21)22)19(23,24)25;/h2-8,15,26,29H,9H2,1H3,(H,27,28);1H. The first-order valence-corrected chi connectivity index (χ1v) is 10.8. The second-order valence-electron chi connectivity index (χ2n) is 7.22. The van der Waals surface area contributed by atoms with E-state index in [2.05, 4.69) is 10.6 Å². The Morgan fingerprint density at radius 3 is 2.06 bits per heavy atom. The van der Waals surface area contributed by atoms with Gasteiger partial charge in [-0.2, -0.15) is 26.3 Å². The summed E-state index contributed by atoms with van der Waals surface area (Å²) in [6, 6.07) is 5.72. The summed E-state index contributed by atoms with van der Waals surface area (Å²) in [6.07, 6.45) is -11.0. The van der Waals surface area contributed by atoms with Gasteiger partial charge >= 0.3 is 12.4 Å². The lowest BCUT2D eigenvalue weighted by Gasteiger charge is -2.32. The number of aliphatic hydroxyl groups is 1. The van der Waals surface area contributed by atoms with Crippen LogP contribution >= 0.6 is 12.4 Å². The summed E-state index contributed by atoms with van der Waals surface area (Å²) in [5, 5.41) is 14.6. The lowest BCUT2D eigenvalue weighted by molar-refractivity contribution is -0.376. The highest BCUT2D eigenvalue weighted by Crippen LogP contribution is 2.50. The molecule has 0 spiro atoms. The molecule has 0 saturated heterocycles. The van der Waals surface area contributed by atoms with Gasteiger partial charge in [-0.1, -0.05) is 18.2 Å². The zero-order valence-corrected chi connectivity index (χ0v) is 18.2. The fraction of sp³-hybridized carbons (Fsp3) is 0.316. The van der Waals surface area contributed by atoms with Crippen LogP contribution in [-0.2, 0) is 26.8 Å². The molecule has 3 rings (SSSR count). The van der Waals surface area contributed by atoms with Gasteiger partial charge in [-0.25, -0.2) is 8.42 Å². The molecular formula is C19H17ClF6N2O4S. The number of amides is 1. The molecular weight excluding hydrogens is 502 g/mol. The number of hydrogen-bond donors (Lipinski definition) is 3. The largest absolute Gasteiger partial charge is 0.430 e. The summed E-state index contributed by atoms with van der Waals surface area (Å²) in [5.74, 6) is -0.662. The monoisotopic (exact) mass is 518 g/mol. The SMILES string of the molecule is CS(=O)(=O)c1ccc2c(c1)CNC2C(=O)Nc1ccc(C(O)(C(F)(F)F)C(F)(F)F)cc1.Cl. The van der Waals surface area contributed by atoms with Crippen LogP contribution in [0.15, 0.2) is 47.4 Å². The van der Waals surface area contributed by atoms with Gasteiger partial charge < -0.3 is 10.4 Å². The van der Waals surface area contributed by atoms with Gasteiger partial charge in [0.2, 0.25) is 5.91 Å². The Morgan fingerprint density at radius 2 is 1.58 bits per heavy atom. The number of nitrogens with one attached hydrogen (secondary N) is 2. The molecule has 1 amide bonds. The van der Waals surface area contributed by atoms with E-state index >= 15 is 0 Å². The Labute approximate surface area is 190 Å². The molecule has 0 radical (unpaired) electrons. The van der Waals surface area contributed by atoms with Gasteiger partial charge in [0.05, 0.1) is 4.90 Å². The van der Waals surface area contributed by atoms with Crippen molar-refractivity contribution in [3.8, 4) is 0 Å². The minimum atomic E-state index is -6.02. The van der Waals surface area contributed by atoms with Crippen LogP contribution in [0.2, 0.25) is 0 Å². The molecule has 3 N–H and O–H groups in total. The summed E-state index contributed by atoms with van der Waals surface area (Å²) >= 11 is 0. The number of sulfone groups is 1. The highest BCUT2D eigenvalue weighted by Gasteiger charge is 2.71. The van der Waals surface area contributed by atoms with E-state index in [0.717, 1.165) is 18.4 Å². The maximum atomic E-state index is 13.0. The van der Waals surface area contributed by atoms with E-state index in [1.807, 2.05) is 0 Å². The first-order valence-electron chi connectivity index (χ1n) is 8.89. The second kappa shape index (κ2) is 8.78. The number of benzene rings is 2. The average Bonchev–Trinajstić information content (AvgIpc) is 3.09.